The van der Waals surface area contributed by atoms with Crippen LogP contribution in [-0.2, 0) is 17.5 Å². The van der Waals surface area contributed by atoms with Gasteiger partial charge in [0.15, 0.2) is 11.5 Å². The van der Waals surface area contributed by atoms with E-state index < -0.39 is 77.3 Å². The number of hydrogen-bond donors (Lipinski definition) is 1. The zero-order valence-corrected chi connectivity index (χ0v) is 22.5. The van der Waals surface area contributed by atoms with E-state index in [0.717, 1.165) is 30.6 Å². The van der Waals surface area contributed by atoms with Crippen LogP contribution in [0.3, 0.4) is 0 Å². The highest BCUT2D eigenvalue weighted by atomic mass is 35.5. The number of carbonyl (C=O) groups is 3. The Labute approximate surface area is 239 Å². The number of rotatable bonds is 8. The molecule has 1 aliphatic carbocycles. The normalized spacial score (nSPS) is 17.3. The number of amides is 1. The van der Waals surface area contributed by atoms with Gasteiger partial charge >= 0.3 is 12.1 Å². The van der Waals surface area contributed by atoms with Crippen molar-refractivity contribution in [3.63, 3.8) is 0 Å². The van der Waals surface area contributed by atoms with Gasteiger partial charge in [0.1, 0.15) is 11.6 Å². The molecule has 0 bridgehead atoms. The SMILES string of the molecule is O=C(CN(Cc1cc(F)ccc1F)C(=O)c1cnn([C@H]2CC[C@H](C(=O)O)CC2)c1C(F)(F)F)c1c(Cl)cncc1Cl. The van der Waals surface area contributed by atoms with E-state index in [-0.39, 0.29) is 41.3 Å². The summed E-state index contributed by atoms with van der Waals surface area (Å²) in [6, 6.07) is 1.51. The van der Waals surface area contributed by atoms with Crippen LogP contribution < -0.4 is 0 Å². The predicted octanol–water partition coefficient (Wildman–Crippen LogP) is 6.22. The molecular formula is C26H21Cl2F5N4O4. The summed E-state index contributed by atoms with van der Waals surface area (Å²) in [5.41, 5.74) is -2.98. The number of benzene rings is 1. The monoisotopic (exact) mass is 618 g/mol. The molecule has 8 nitrogen and oxygen atoms in total. The van der Waals surface area contributed by atoms with E-state index in [1.807, 2.05) is 0 Å². The van der Waals surface area contributed by atoms with E-state index in [1.54, 1.807) is 0 Å². The van der Waals surface area contributed by atoms with Crippen LogP contribution in [0.4, 0.5) is 22.0 Å². The molecule has 1 amide bonds. The van der Waals surface area contributed by atoms with Gasteiger partial charge in [-0.3, -0.25) is 24.0 Å². The molecule has 41 heavy (non-hydrogen) atoms. The minimum atomic E-state index is -5.08. The number of carbonyl (C=O) groups excluding carboxylic acids is 2. The average molecular weight is 619 g/mol. The summed E-state index contributed by atoms with van der Waals surface area (Å²) in [5.74, 6) is -5.80. The summed E-state index contributed by atoms with van der Waals surface area (Å²) in [6.07, 6.45) is -1.80. The molecule has 0 spiro atoms. The standard InChI is InChI=1S/C26H21Cl2F5N4O4/c27-18-9-34-10-19(28)22(18)21(38)12-36(11-14-7-15(29)3-6-20(14)30)24(39)17-8-35-37(23(17)26(31,32)33)16-4-1-13(2-5-16)25(40)41/h3,6-10,13,16H,1-2,4-5,11-12H2,(H,40,41)/t13-,16-. The van der Waals surface area contributed by atoms with E-state index in [9.17, 15) is 41.4 Å². The van der Waals surface area contributed by atoms with Gasteiger partial charge in [-0.1, -0.05) is 23.2 Å². The van der Waals surface area contributed by atoms with Crippen LogP contribution in [0.15, 0.2) is 36.8 Å². The Balaban J connectivity index is 1.73. The van der Waals surface area contributed by atoms with E-state index in [4.69, 9.17) is 23.2 Å². The maximum Gasteiger partial charge on any atom is 0.433 e. The highest BCUT2D eigenvalue weighted by Crippen LogP contribution is 2.39. The van der Waals surface area contributed by atoms with Gasteiger partial charge in [0.05, 0.1) is 45.9 Å². The van der Waals surface area contributed by atoms with Crippen molar-refractivity contribution < 1.29 is 41.4 Å². The molecular weight excluding hydrogens is 598 g/mol. The summed E-state index contributed by atoms with van der Waals surface area (Å²) in [6.45, 7) is -1.68. The number of Topliss-reactive ketones (excluding diaryl/α,β-unsaturated/α-hetero) is 1. The fourth-order valence-electron chi connectivity index (χ4n) is 4.82. The molecule has 1 fully saturated rings. The second kappa shape index (κ2) is 12.1. The summed E-state index contributed by atoms with van der Waals surface area (Å²) in [5, 5.41) is 12.7. The first kappa shape index (κ1) is 30.4. The molecule has 218 valence electrons. The van der Waals surface area contributed by atoms with Crippen molar-refractivity contribution in [1.29, 1.82) is 0 Å². The van der Waals surface area contributed by atoms with E-state index >= 15 is 0 Å². The topological polar surface area (TPSA) is 105 Å². The molecule has 1 N–H and O–H groups in total. The summed E-state index contributed by atoms with van der Waals surface area (Å²) in [7, 11) is 0. The number of pyridine rings is 1. The smallest absolute Gasteiger partial charge is 0.433 e. The first-order valence-electron chi connectivity index (χ1n) is 12.2. The van der Waals surface area contributed by atoms with Gasteiger partial charge < -0.3 is 10.0 Å². The Bertz CT molecular complexity index is 1470. The van der Waals surface area contributed by atoms with Crippen LogP contribution >= 0.6 is 23.2 Å². The van der Waals surface area contributed by atoms with Crippen LogP contribution in [0.25, 0.3) is 0 Å². The van der Waals surface area contributed by atoms with Crippen LogP contribution in [0.2, 0.25) is 10.0 Å². The van der Waals surface area contributed by atoms with E-state index in [1.165, 1.54) is 0 Å². The third kappa shape index (κ3) is 6.67. The highest BCUT2D eigenvalue weighted by Gasteiger charge is 2.43. The van der Waals surface area contributed by atoms with Crippen LogP contribution in [0, 0.1) is 17.6 Å². The van der Waals surface area contributed by atoms with Gasteiger partial charge in [0, 0.05) is 24.5 Å². The maximum atomic E-state index is 14.5. The van der Waals surface area contributed by atoms with Crippen molar-refractivity contribution in [2.24, 2.45) is 5.92 Å². The number of aromatic nitrogens is 3. The molecule has 1 saturated carbocycles. The van der Waals surface area contributed by atoms with Crippen molar-refractivity contribution in [2.75, 3.05) is 6.54 Å². The lowest BCUT2D eigenvalue weighted by Crippen LogP contribution is -2.37. The number of nitrogens with zero attached hydrogens (tertiary/aromatic N) is 4. The molecule has 2 aromatic heterocycles. The summed E-state index contributed by atoms with van der Waals surface area (Å²) >= 11 is 12.1. The third-order valence-corrected chi connectivity index (χ3v) is 7.38. The van der Waals surface area contributed by atoms with E-state index in [2.05, 4.69) is 10.1 Å². The summed E-state index contributed by atoms with van der Waals surface area (Å²) in [4.78, 5) is 42.4. The van der Waals surface area contributed by atoms with Gasteiger partial charge in [-0.05, 0) is 43.9 Å². The van der Waals surface area contributed by atoms with Crippen molar-refractivity contribution >= 4 is 40.9 Å². The molecule has 15 heteroatoms. The van der Waals surface area contributed by atoms with Crippen LogP contribution in [0.1, 0.15) is 63.7 Å². The third-order valence-electron chi connectivity index (χ3n) is 6.81. The van der Waals surface area contributed by atoms with E-state index in [0.29, 0.717) is 15.8 Å². The number of aliphatic carboxylic acids is 1. The first-order chi connectivity index (χ1) is 19.3. The molecule has 0 aliphatic heterocycles. The Morgan fingerprint density at radius 3 is 2.24 bits per heavy atom. The molecule has 0 atom stereocenters. The lowest BCUT2D eigenvalue weighted by molar-refractivity contribution is -0.147. The van der Waals surface area contributed by atoms with Gasteiger partial charge in [0.2, 0.25) is 0 Å². The minimum Gasteiger partial charge on any atom is -0.481 e. The highest BCUT2D eigenvalue weighted by molar-refractivity contribution is 6.39. The molecule has 0 unspecified atom stereocenters. The van der Waals surface area contributed by atoms with Crippen LogP contribution in [0.5, 0.6) is 0 Å². The van der Waals surface area contributed by atoms with Crippen LogP contribution in [-0.4, -0.2) is 49.0 Å². The zero-order chi connectivity index (χ0) is 30.1. The van der Waals surface area contributed by atoms with Crippen molar-refractivity contribution in [3.05, 3.63) is 80.9 Å². The molecule has 2 heterocycles. The number of alkyl halides is 3. The number of halogens is 7. The van der Waals surface area contributed by atoms with Gasteiger partial charge in [-0.25, -0.2) is 8.78 Å². The number of hydrogen-bond acceptors (Lipinski definition) is 5. The maximum absolute atomic E-state index is 14.5. The lowest BCUT2D eigenvalue weighted by atomic mass is 9.86. The van der Waals surface area contributed by atoms with Gasteiger partial charge in [-0.15, -0.1) is 0 Å². The Morgan fingerprint density at radius 1 is 1.02 bits per heavy atom. The second-order valence-electron chi connectivity index (χ2n) is 9.49. The molecule has 0 saturated heterocycles. The van der Waals surface area contributed by atoms with Crippen molar-refractivity contribution in [2.45, 2.75) is 44.4 Å². The summed E-state index contributed by atoms with van der Waals surface area (Å²) < 4.78 is 72.1. The molecule has 4 rings (SSSR count). The molecule has 0 radical (unpaired) electrons. The van der Waals surface area contributed by atoms with Crippen molar-refractivity contribution in [3.8, 4) is 0 Å². The second-order valence-corrected chi connectivity index (χ2v) is 10.3. The number of ketones is 1. The fourth-order valence-corrected chi connectivity index (χ4v) is 5.39. The van der Waals surface area contributed by atoms with Gasteiger partial charge in [-0.2, -0.15) is 18.3 Å². The molecule has 1 aromatic carbocycles. The van der Waals surface area contributed by atoms with Gasteiger partial charge in [0.25, 0.3) is 5.91 Å². The largest absolute Gasteiger partial charge is 0.481 e. The average Bonchev–Trinajstić information content (AvgIpc) is 3.36. The molecule has 3 aromatic rings. The Hall–Kier alpha value is -3.58. The number of carboxylic acids is 1. The minimum absolute atomic E-state index is 0.0745. The fraction of sp³-hybridized carbons (Fsp3) is 0.346. The Morgan fingerprint density at radius 2 is 1.66 bits per heavy atom. The predicted molar refractivity (Wildman–Crippen MR) is 136 cm³/mol. The first-order valence-corrected chi connectivity index (χ1v) is 13.0. The van der Waals surface area contributed by atoms with Crippen molar-refractivity contribution in [1.82, 2.24) is 19.7 Å². The molecule has 1 aliphatic rings. The Kier molecular flexibility index (Phi) is 8.97. The zero-order valence-electron chi connectivity index (χ0n) is 21.0. The lowest BCUT2D eigenvalue weighted by Gasteiger charge is -2.28. The quantitative estimate of drug-likeness (QED) is 0.237. The number of carboxylic acid groups (broad SMARTS) is 1.